The van der Waals surface area contributed by atoms with Crippen molar-refractivity contribution in [3.05, 3.63) is 23.8 Å². The van der Waals surface area contributed by atoms with Gasteiger partial charge in [-0.2, -0.15) is 0 Å². The van der Waals surface area contributed by atoms with Crippen molar-refractivity contribution in [1.82, 2.24) is 4.90 Å². The highest BCUT2D eigenvalue weighted by atomic mass is 16.5. The van der Waals surface area contributed by atoms with E-state index in [1.807, 2.05) is 0 Å². The third-order valence-electron chi connectivity index (χ3n) is 3.28. The lowest BCUT2D eigenvalue weighted by Crippen LogP contribution is -2.27. The van der Waals surface area contributed by atoms with Crippen molar-refractivity contribution in [3.63, 3.8) is 0 Å². The van der Waals surface area contributed by atoms with Crippen molar-refractivity contribution in [3.8, 4) is 5.75 Å². The van der Waals surface area contributed by atoms with E-state index in [1.54, 1.807) is 30.1 Å². The van der Waals surface area contributed by atoms with Crippen LogP contribution in [0.15, 0.2) is 18.2 Å². The molecule has 0 fully saturated rings. The Morgan fingerprint density at radius 1 is 1.45 bits per heavy atom. The van der Waals surface area contributed by atoms with Crippen molar-refractivity contribution in [2.24, 2.45) is 0 Å². The molecule has 1 aromatic rings. The molecule has 1 aliphatic heterocycles. The number of anilines is 1. The first kappa shape index (κ1) is 14.4. The highest BCUT2D eigenvalue weighted by Crippen LogP contribution is 2.28. The second-order valence-electron chi connectivity index (χ2n) is 4.94. The van der Waals surface area contributed by atoms with Crippen molar-refractivity contribution >= 4 is 17.5 Å². The molecule has 0 saturated heterocycles. The molecule has 0 unspecified atom stereocenters. The number of amides is 2. The van der Waals surface area contributed by atoms with Gasteiger partial charge in [-0.25, -0.2) is 0 Å². The molecule has 1 N–H and O–H groups in total. The number of benzene rings is 1. The Morgan fingerprint density at radius 2 is 2.25 bits per heavy atom. The van der Waals surface area contributed by atoms with Gasteiger partial charge in [-0.15, -0.1) is 0 Å². The lowest BCUT2D eigenvalue weighted by atomic mass is 10.1. The van der Waals surface area contributed by atoms with Crippen LogP contribution >= 0.6 is 0 Å². The van der Waals surface area contributed by atoms with Crippen LogP contribution in [0.4, 0.5) is 5.69 Å². The maximum absolute atomic E-state index is 12.3. The second-order valence-corrected chi connectivity index (χ2v) is 4.94. The first-order valence-electron chi connectivity index (χ1n) is 6.94. The molecule has 0 bridgehead atoms. The monoisotopic (exact) mass is 276 g/mol. The number of hydrogen-bond acceptors (Lipinski definition) is 3. The van der Waals surface area contributed by atoms with E-state index >= 15 is 0 Å². The largest absolute Gasteiger partial charge is 0.491 e. The summed E-state index contributed by atoms with van der Waals surface area (Å²) in [6.07, 6.45) is 2.35. The maximum atomic E-state index is 12.3. The first-order valence-corrected chi connectivity index (χ1v) is 6.94. The molecule has 108 valence electrons. The quantitative estimate of drug-likeness (QED) is 0.917. The van der Waals surface area contributed by atoms with Crippen molar-refractivity contribution in [1.29, 1.82) is 0 Å². The van der Waals surface area contributed by atoms with Crippen LogP contribution in [0.1, 0.15) is 36.5 Å². The van der Waals surface area contributed by atoms with Gasteiger partial charge < -0.3 is 15.0 Å². The molecule has 5 heteroatoms. The number of unbranched alkanes of at least 4 members (excludes halogenated alkanes) is 1. The summed E-state index contributed by atoms with van der Waals surface area (Å²) in [5.74, 6) is 0.482. The first-order chi connectivity index (χ1) is 9.61. The summed E-state index contributed by atoms with van der Waals surface area (Å²) < 4.78 is 5.47. The van der Waals surface area contributed by atoms with Crippen LogP contribution in [0.25, 0.3) is 0 Å². The van der Waals surface area contributed by atoms with Gasteiger partial charge >= 0.3 is 0 Å². The summed E-state index contributed by atoms with van der Waals surface area (Å²) in [4.78, 5) is 25.5. The minimum atomic E-state index is -0.0901. The highest BCUT2D eigenvalue weighted by molar-refractivity contribution is 5.98. The van der Waals surface area contributed by atoms with Crippen molar-refractivity contribution in [2.45, 2.75) is 26.2 Å². The van der Waals surface area contributed by atoms with E-state index in [1.165, 1.54) is 0 Å². The summed E-state index contributed by atoms with van der Waals surface area (Å²) in [6, 6.07) is 5.16. The van der Waals surface area contributed by atoms with Gasteiger partial charge in [0.05, 0.1) is 18.7 Å². The molecule has 2 rings (SSSR count). The Balaban J connectivity index is 2.17. The number of carbonyl (C=O) groups excluding carboxylic acids is 2. The number of nitrogens with zero attached hydrogens (tertiary/aromatic N) is 1. The molecule has 0 aromatic heterocycles. The molecule has 0 spiro atoms. The minimum absolute atomic E-state index is 0.0419. The smallest absolute Gasteiger partial charge is 0.253 e. The predicted molar refractivity (Wildman–Crippen MR) is 77.1 cm³/mol. The molecule has 5 nitrogen and oxygen atoms in total. The number of fused-ring (bicyclic) bond motifs is 1. The molecule has 1 aromatic carbocycles. The van der Waals surface area contributed by atoms with Crippen molar-refractivity contribution in [2.75, 3.05) is 25.5 Å². The van der Waals surface area contributed by atoms with Crippen LogP contribution in [-0.2, 0) is 4.79 Å². The molecule has 0 saturated carbocycles. The SMILES string of the molecule is CCCCN(C)C(=O)c1ccc2c(c1)NC(=O)CCO2. The van der Waals surface area contributed by atoms with Gasteiger partial charge in [-0.05, 0) is 24.6 Å². The average Bonchev–Trinajstić information content (AvgIpc) is 2.63. The minimum Gasteiger partial charge on any atom is -0.491 e. The number of carbonyl (C=O) groups is 2. The topological polar surface area (TPSA) is 58.6 Å². The van der Waals surface area contributed by atoms with Gasteiger partial charge in [0.25, 0.3) is 5.91 Å². The van der Waals surface area contributed by atoms with Crippen LogP contribution in [0.3, 0.4) is 0 Å². The molecule has 0 atom stereocenters. The molecule has 0 radical (unpaired) electrons. The van der Waals surface area contributed by atoms with Crippen LogP contribution in [0, 0.1) is 0 Å². The zero-order chi connectivity index (χ0) is 14.5. The van der Waals surface area contributed by atoms with Gasteiger partial charge in [0.2, 0.25) is 5.91 Å². The summed E-state index contributed by atoms with van der Waals surface area (Å²) >= 11 is 0. The van der Waals surface area contributed by atoms with Crippen LogP contribution in [0.5, 0.6) is 5.75 Å². The standard InChI is InChI=1S/C15H20N2O3/c1-3-4-8-17(2)15(19)11-5-6-13-12(10-11)16-14(18)7-9-20-13/h5-6,10H,3-4,7-9H2,1-2H3,(H,16,18). The maximum Gasteiger partial charge on any atom is 0.253 e. The third kappa shape index (κ3) is 3.29. The fraction of sp³-hybridized carbons (Fsp3) is 0.467. The highest BCUT2D eigenvalue weighted by Gasteiger charge is 2.17. The molecular formula is C15H20N2O3. The molecule has 2 amide bonds. The fourth-order valence-electron chi connectivity index (χ4n) is 2.07. The van der Waals surface area contributed by atoms with Crippen LogP contribution in [0.2, 0.25) is 0 Å². The van der Waals surface area contributed by atoms with Crippen LogP contribution in [-0.4, -0.2) is 36.9 Å². The van der Waals surface area contributed by atoms with Gasteiger partial charge in [-0.3, -0.25) is 9.59 Å². The zero-order valence-electron chi connectivity index (χ0n) is 11.9. The molecular weight excluding hydrogens is 256 g/mol. The predicted octanol–water partition coefficient (Wildman–Crippen LogP) is 2.28. The Hall–Kier alpha value is -2.04. The van der Waals surface area contributed by atoms with E-state index in [4.69, 9.17) is 4.74 Å². The Kier molecular flexibility index (Phi) is 4.61. The fourth-order valence-corrected chi connectivity index (χ4v) is 2.07. The Labute approximate surface area is 118 Å². The van der Waals surface area contributed by atoms with E-state index in [0.717, 1.165) is 19.4 Å². The number of nitrogens with one attached hydrogen (secondary N) is 1. The Morgan fingerprint density at radius 3 is 3.00 bits per heavy atom. The number of ether oxygens (including phenoxy) is 1. The van der Waals surface area contributed by atoms with E-state index in [9.17, 15) is 9.59 Å². The lowest BCUT2D eigenvalue weighted by molar-refractivity contribution is -0.116. The van der Waals surface area contributed by atoms with E-state index < -0.39 is 0 Å². The number of hydrogen-bond donors (Lipinski definition) is 1. The lowest BCUT2D eigenvalue weighted by Gasteiger charge is -2.17. The molecule has 1 heterocycles. The van der Waals surface area contributed by atoms with Crippen molar-refractivity contribution < 1.29 is 14.3 Å². The number of rotatable bonds is 4. The van der Waals surface area contributed by atoms with Gasteiger partial charge in [0.15, 0.2) is 0 Å². The van der Waals surface area contributed by atoms with Gasteiger partial charge in [-0.1, -0.05) is 13.3 Å². The van der Waals surface area contributed by atoms with Crippen LogP contribution < -0.4 is 10.1 Å². The average molecular weight is 276 g/mol. The van der Waals surface area contributed by atoms with E-state index in [2.05, 4.69) is 12.2 Å². The van der Waals surface area contributed by atoms with E-state index in [-0.39, 0.29) is 11.8 Å². The van der Waals surface area contributed by atoms with Gasteiger partial charge in [0.1, 0.15) is 5.75 Å². The molecule has 0 aliphatic carbocycles. The second kappa shape index (κ2) is 6.41. The zero-order valence-corrected chi connectivity index (χ0v) is 11.9. The molecule has 20 heavy (non-hydrogen) atoms. The third-order valence-corrected chi connectivity index (χ3v) is 3.28. The molecule has 1 aliphatic rings. The summed E-state index contributed by atoms with van der Waals surface area (Å²) in [5, 5.41) is 2.77. The Bertz CT molecular complexity index is 514. The van der Waals surface area contributed by atoms with E-state index in [0.29, 0.717) is 30.0 Å². The summed E-state index contributed by atoms with van der Waals surface area (Å²) in [6.45, 7) is 3.19. The summed E-state index contributed by atoms with van der Waals surface area (Å²) in [5.41, 5.74) is 1.13. The van der Waals surface area contributed by atoms with Gasteiger partial charge in [0, 0.05) is 19.2 Å². The summed E-state index contributed by atoms with van der Waals surface area (Å²) in [7, 11) is 1.79. The normalized spacial score (nSPS) is 13.8.